The highest BCUT2D eigenvalue weighted by molar-refractivity contribution is 9.10. The second kappa shape index (κ2) is 22.3. The predicted octanol–water partition coefficient (Wildman–Crippen LogP) is 10.8. The summed E-state index contributed by atoms with van der Waals surface area (Å²) >= 11 is 3.56. The van der Waals surface area contributed by atoms with Crippen LogP contribution in [-0.2, 0) is 0 Å². The number of carbonyl (C=O) groups excluding carboxylic acids is 2. The summed E-state index contributed by atoms with van der Waals surface area (Å²) in [4.78, 5) is 36.7. The first-order valence-corrected chi connectivity index (χ1v) is 24.4. The van der Waals surface area contributed by atoms with E-state index in [-0.39, 0.29) is 11.8 Å². The summed E-state index contributed by atoms with van der Waals surface area (Å²) in [5.41, 5.74) is 5.44. The number of hydrogen-bond donors (Lipinski definition) is 0. The van der Waals surface area contributed by atoms with Gasteiger partial charge in [-0.15, -0.1) is 0 Å². The van der Waals surface area contributed by atoms with Crippen LogP contribution in [0, 0.1) is 23.2 Å². The van der Waals surface area contributed by atoms with Gasteiger partial charge in [0.2, 0.25) is 0 Å². The van der Waals surface area contributed by atoms with E-state index in [9.17, 15) is 14.9 Å². The second-order valence-corrected chi connectivity index (χ2v) is 19.1. The third-order valence-corrected chi connectivity index (χ3v) is 14.0. The minimum Gasteiger partial charge on any atom is -0.493 e. The van der Waals surface area contributed by atoms with Gasteiger partial charge in [-0.2, -0.15) is 5.26 Å². The van der Waals surface area contributed by atoms with Crippen LogP contribution in [0.5, 0.6) is 23.0 Å². The second-order valence-electron chi connectivity index (χ2n) is 18.2. The van der Waals surface area contributed by atoms with Crippen molar-refractivity contribution in [3.8, 4) is 40.2 Å². The minimum absolute atomic E-state index is 0.0210. The minimum atomic E-state index is -0.0675. The number of hydrogen-bond acceptors (Lipinski definition) is 9. The van der Waals surface area contributed by atoms with Gasteiger partial charge in [0.15, 0.2) is 23.0 Å². The Balaban J connectivity index is 0.000000186. The highest BCUT2D eigenvalue weighted by Gasteiger charge is 2.35. The number of anilines is 2. The molecule has 2 saturated heterocycles. The Kier molecular flexibility index (Phi) is 15.8. The lowest BCUT2D eigenvalue weighted by Gasteiger charge is -2.31. The van der Waals surface area contributed by atoms with Crippen molar-refractivity contribution in [1.82, 2.24) is 9.80 Å². The van der Waals surface area contributed by atoms with E-state index < -0.39 is 0 Å². The van der Waals surface area contributed by atoms with Gasteiger partial charge in [-0.05, 0) is 166 Å². The van der Waals surface area contributed by atoms with Gasteiger partial charge in [0.1, 0.15) is 0 Å². The van der Waals surface area contributed by atoms with Gasteiger partial charge in [0, 0.05) is 65.2 Å². The lowest BCUT2D eigenvalue weighted by atomic mass is 10.0. The Morgan fingerprint density at radius 1 is 0.582 bits per heavy atom. The third kappa shape index (κ3) is 12.0. The molecule has 5 aromatic rings. The van der Waals surface area contributed by atoms with Crippen LogP contribution >= 0.6 is 15.9 Å². The van der Waals surface area contributed by atoms with Crippen LogP contribution in [0.4, 0.5) is 11.4 Å². The number of amides is 2. The monoisotopic (exact) mass is 967 g/mol. The molecule has 12 heteroatoms. The fraction of sp³-hybridized carbons (Fsp3) is 0.400. The maximum Gasteiger partial charge on any atom is 0.258 e. The summed E-state index contributed by atoms with van der Waals surface area (Å²) in [6.45, 7) is 5.85. The third-order valence-electron chi connectivity index (χ3n) is 13.5. The Bertz CT molecular complexity index is 2560. The quantitative estimate of drug-likeness (QED) is 0.0900. The molecule has 350 valence electrons. The fourth-order valence-corrected chi connectivity index (χ4v) is 9.88. The number of nitriles is 1. The maximum absolute atomic E-state index is 14.1. The Hall–Kier alpha value is -5.87. The number of nitrogens with zero attached hydrogens (tertiary/aromatic N) is 5. The van der Waals surface area contributed by atoms with Crippen molar-refractivity contribution in [3.63, 3.8) is 0 Å². The van der Waals surface area contributed by atoms with E-state index in [1.54, 1.807) is 64.8 Å². The number of rotatable bonds is 17. The van der Waals surface area contributed by atoms with Crippen molar-refractivity contribution in [1.29, 1.82) is 5.26 Å². The van der Waals surface area contributed by atoms with Crippen LogP contribution in [0.2, 0.25) is 0 Å². The number of methoxy groups -OCH3 is 4. The van der Waals surface area contributed by atoms with Crippen LogP contribution in [-0.4, -0.2) is 101 Å². The Morgan fingerprint density at radius 2 is 1.04 bits per heavy atom. The first-order valence-electron chi connectivity index (χ1n) is 23.6. The van der Waals surface area contributed by atoms with E-state index in [0.29, 0.717) is 64.9 Å². The number of halogens is 1. The van der Waals surface area contributed by atoms with Crippen LogP contribution in [0.15, 0.2) is 114 Å². The van der Waals surface area contributed by atoms with Crippen molar-refractivity contribution < 1.29 is 28.5 Å². The first kappa shape index (κ1) is 47.6. The molecular formula is C55H62BrN5O6. The standard InChI is InChI=1S/C31H33N3O3.C24H29BrN2O3/c1-36-29-14-13-26(18-30(29)37-2)31(35)34(21-28-10-5-15-33(28)20-22-11-12-22)27-9-4-8-25(17-27)24-7-3-6-23(16-24)19-32;1-29-22-11-10-18(13-23(22)30-2)24(28)27(20-6-3-5-19(25)14-20)16-21-7-4-12-26(21)15-17-8-9-17/h3-4,6-9,13-14,16-18,22,28H,5,10-12,15,20-21H2,1-2H3;3,5-6,10-11,13-14,17,21H,4,7-9,12,15-16H2,1-2H3/t28-;21-/m00/s1. The predicted molar refractivity (Wildman–Crippen MR) is 268 cm³/mol. The summed E-state index contributed by atoms with van der Waals surface area (Å²) in [5.74, 6) is 3.89. The molecular weight excluding hydrogens is 907 g/mol. The van der Waals surface area contributed by atoms with Crippen LogP contribution in [0.1, 0.15) is 77.6 Å². The van der Waals surface area contributed by atoms with E-state index in [4.69, 9.17) is 18.9 Å². The molecule has 67 heavy (non-hydrogen) atoms. The summed E-state index contributed by atoms with van der Waals surface area (Å²) in [5, 5.41) is 9.35. The van der Waals surface area contributed by atoms with Crippen molar-refractivity contribution in [2.24, 2.45) is 11.8 Å². The largest absolute Gasteiger partial charge is 0.493 e. The van der Waals surface area contributed by atoms with Gasteiger partial charge in [0.25, 0.3) is 11.8 Å². The topological polar surface area (TPSA) is 108 Å². The van der Waals surface area contributed by atoms with Gasteiger partial charge < -0.3 is 28.7 Å². The van der Waals surface area contributed by atoms with E-state index in [0.717, 1.165) is 77.7 Å². The van der Waals surface area contributed by atoms with Crippen molar-refractivity contribution in [3.05, 3.63) is 130 Å². The molecule has 2 aliphatic carbocycles. The Labute approximate surface area is 404 Å². The van der Waals surface area contributed by atoms with Crippen LogP contribution in [0.25, 0.3) is 11.1 Å². The summed E-state index contributed by atoms with van der Waals surface area (Å²) in [6.07, 6.45) is 9.93. The zero-order chi connectivity index (χ0) is 46.9. The molecule has 2 aliphatic heterocycles. The average molecular weight is 969 g/mol. The molecule has 4 fully saturated rings. The van der Waals surface area contributed by atoms with E-state index in [1.807, 2.05) is 76.5 Å². The van der Waals surface area contributed by atoms with Crippen LogP contribution < -0.4 is 28.7 Å². The van der Waals surface area contributed by atoms with E-state index in [2.05, 4.69) is 37.9 Å². The van der Waals surface area contributed by atoms with Crippen molar-refractivity contribution in [2.45, 2.75) is 63.5 Å². The first-order chi connectivity index (χ1) is 32.7. The summed E-state index contributed by atoms with van der Waals surface area (Å²) < 4.78 is 22.6. The fourth-order valence-electron chi connectivity index (χ4n) is 9.50. The normalized spacial score (nSPS) is 18.0. The van der Waals surface area contributed by atoms with E-state index in [1.165, 1.54) is 38.6 Å². The van der Waals surface area contributed by atoms with Crippen molar-refractivity contribution >= 4 is 39.1 Å². The van der Waals surface area contributed by atoms with Gasteiger partial charge in [-0.3, -0.25) is 19.4 Å². The molecule has 0 N–H and O–H groups in total. The van der Waals surface area contributed by atoms with Gasteiger partial charge in [0.05, 0.1) is 40.1 Å². The van der Waals surface area contributed by atoms with Gasteiger partial charge in [-0.1, -0.05) is 46.3 Å². The lowest BCUT2D eigenvalue weighted by Crippen LogP contribution is -2.44. The number of ether oxygens (including phenoxy) is 4. The molecule has 2 saturated carbocycles. The number of carbonyl (C=O) groups is 2. The zero-order valence-electron chi connectivity index (χ0n) is 39.2. The maximum atomic E-state index is 14.1. The highest BCUT2D eigenvalue weighted by atomic mass is 79.9. The molecule has 0 bridgehead atoms. The summed E-state index contributed by atoms with van der Waals surface area (Å²) in [7, 11) is 6.36. The van der Waals surface area contributed by atoms with Gasteiger partial charge >= 0.3 is 0 Å². The smallest absolute Gasteiger partial charge is 0.258 e. The Morgan fingerprint density at radius 3 is 1.51 bits per heavy atom. The molecule has 2 amide bonds. The van der Waals surface area contributed by atoms with E-state index >= 15 is 0 Å². The molecule has 0 aromatic heterocycles. The van der Waals surface area contributed by atoms with Crippen LogP contribution in [0.3, 0.4) is 0 Å². The lowest BCUT2D eigenvalue weighted by molar-refractivity contribution is 0.0970. The molecule has 9 rings (SSSR count). The van der Waals surface area contributed by atoms with Crippen molar-refractivity contribution in [2.75, 3.05) is 77.5 Å². The molecule has 2 atom stereocenters. The molecule has 0 unspecified atom stereocenters. The molecule has 5 aromatic carbocycles. The molecule has 4 aliphatic rings. The van der Waals surface area contributed by atoms with Gasteiger partial charge in [-0.25, -0.2) is 0 Å². The number of likely N-dealkylation sites (tertiary alicyclic amines) is 2. The highest BCUT2D eigenvalue weighted by Crippen LogP contribution is 2.37. The molecule has 11 nitrogen and oxygen atoms in total. The molecule has 0 spiro atoms. The SMILES string of the molecule is COc1ccc(C(=O)N(C[C@@H]2CCCN2CC2CC2)c2cccc(-c3cccc(C#N)c3)c2)cc1OC.COc1ccc(C(=O)N(C[C@@H]2CCCN2CC2CC2)c2cccc(Br)c2)cc1OC. The average Bonchev–Trinajstić information content (AvgIpc) is 4.29. The molecule has 2 heterocycles. The summed E-state index contributed by atoms with van der Waals surface area (Å²) in [6, 6.07) is 37.2. The zero-order valence-corrected chi connectivity index (χ0v) is 40.8. The molecule has 0 radical (unpaired) electrons. The number of benzene rings is 5.